The predicted octanol–water partition coefficient (Wildman–Crippen LogP) is 4.68. The first-order valence-corrected chi connectivity index (χ1v) is 9.52. The van der Waals surface area contributed by atoms with Gasteiger partial charge in [0.2, 0.25) is 0 Å². The Balaban J connectivity index is 2.01. The van der Waals surface area contributed by atoms with Crippen molar-refractivity contribution in [3.05, 3.63) is 78.4 Å². The van der Waals surface area contributed by atoms with Crippen LogP contribution in [-0.2, 0) is 0 Å². The van der Waals surface area contributed by atoms with Gasteiger partial charge in [0.15, 0.2) is 5.11 Å². The van der Waals surface area contributed by atoms with Crippen LogP contribution in [0.1, 0.15) is 5.56 Å². The summed E-state index contributed by atoms with van der Waals surface area (Å²) in [5.74, 6) is 0.812. The summed E-state index contributed by atoms with van der Waals surface area (Å²) in [5, 5.41) is 5.40. The predicted molar refractivity (Wildman–Crippen MR) is 123 cm³/mol. The van der Waals surface area contributed by atoms with Crippen LogP contribution < -0.4 is 15.9 Å². The Labute approximate surface area is 174 Å². The summed E-state index contributed by atoms with van der Waals surface area (Å²) in [6, 6.07) is 24.3. The fourth-order valence-corrected chi connectivity index (χ4v) is 3.54. The number of fused-ring (bicyclic) bond motifs is 1. The van der Waals surface area contributed by atoms with Crippen LogP contribution in [0.2, 0.25) is 0 Å². The molecule has 0 fully saturated rings. The second-order valence-corrected chi connectivity index (χ2v) is 6.88. The van der Waals surface area contributed by atoms with Crippen molar-refractivity contribution in [1.29, 1.82) is 0 Å². The molecule has 6 heteroatoms. The van der Waals surface area contributed by atoms with E-state index in [1.165, 1.54) is 0 Å². The van der Waals surface area contributed by atoms with Crippen molar-refractivity contribution in [2.24, 2.45) is 10.8 Å². The minimum absolute atomic E-state index is 0.118. The zero-order valence-corrected chi connectivity index (χ0v) is 16.7. The number of nitrogens with zero attached hydrogens (tertiary/aromatic N) is 1. The number of hydrazone groups is 1. The van der Waals surface area contributed by atoms with Crippen LogP contribution in [0.15, 0.2) is 77.9 Å². The van der Waals surface area contributed by atoms with Gasteiger partial charge in [0.05, 0.1) is 19.0 Å². The van der Waals surface area contributed by atoms with Gasteiger partial charge < -0.3 is 15.5 Å². The lowest BCUT2D eigenvalue weighted by Gasteiger charge is -2.10. The first-order chi connectivity index (χ1) is 14.2. The van der Waals surface area contributed by atoms with E-state index in [1.54, 1.807) is 13.3 Å². The number of ether oxygens (including phenoxy) is 1. The molecular weight excluding hydrogens is 380 g/mol. The van der Waals surface area contributed by atoms with Crippen molar-refractivity contribution in [2.45, 2.75) is 0 Å². The largest absolute Gasteiger partial charge is 0.496 e. The first kappa shape index (κ1) is 18.7. The highest BCUT2D eigenvalue weighted by Gasteiger charge is 2.17. The van der Waals surface area contributed by atoms with Crippen molar-refractivity contribution in [3.8, 4) is 28.1 Å². The van der Waals surface area contributed by atoms with Gasteiger partial charge in [-0.3, -0.25) is 5.43 Å². The van der Waals surface area contributed by atoms with Crippen LogP contribution in [0.5, 0.6) is 5.75 Å². The summed E-state index contributed by atoms with van der Waals surface area (Å²) in [7, 11) is 1.68. The number of rotatable bonds is 5. The molecule has 1 heterocycles. The molecular formula is C23H20N4OS. The van der Waals surface area contributed by atoms with E-state index in [1.807, 2.05) is 42.5 Å². The van der Waals surface area contributed by atoms with E-state index in [0.717, 1.165) is 44.6 Å². The number of aromatic nitrogens is 1. The third-order valence-electron chi connectivity index (χ3n) is 4.69. The van der Waals surface area contributed by atoms with E-state index in [0.29, 0.717) is 0 Å². The third kappa shape index (κ3) is 3.70. The fourth-order valence-electron chi connectivity index (χ4n) is 3.49. The van der Waals surface area contributed by atoms with Gasteiger partial charge in [-0.25, -0.2) is 0 Å². The quantitative estimate of drug-likeness (QED) is 0.258. The summed E-state index contributed by atoms with van der Waals surface area (Å²) >= 11 is 4.88. The monoisotopic (exact) mass is 400 g/mol. The Hall–Kier alpha value is -3.64. The van der Waals surface area contributed by atoms with Gasteiger partial charge in [0.25, 0.3) is 0 Å². The van der Waals surface area contributed by atoms with Crippen LogP contribution in [-0.4, -0.2) is 23.4 Å². The van der Waals surface area contributed by atoms with Gasteiger partial charge in [0.1, 0.15) is 5.75 Å². The van der Waals surface area contributed by atoms with Gasteiger partial charge in [-0.1, -0.05) is 60.7 Å². The molecule has 4 N–H and O–H groups in total. The second kappa shape index (κ2) is 8.16. The molecule has 0 amide bonds. The number of para-hydroxylation sites is 1. The molecule has 5 nitrogen and oxygen atoms in total. The second-order valence-electron chi connectivity index (χ2n) is 6.44. The molecule has 0 saturated carbocycles. The Morgan fingerprint density at radius 2 is 1.72 bits per heavy atom. The van der Waals surface area contributed by atoms with Crippen molar-refractivity contribution in [1.82, 2.24) is 10.4 Å². The number of thiocarbonyl (C=S) groups is 1. The van der Waals surface area contributed by atoms with Crippen molar-refractivity contribution >= 4 is 34.4 Å². The number of aromatic amines is 1. The number of hydrogen-bond acceptors (Lipinski definition) is 3. The number of benzene rings is 3. The summed E-state index contributed by atoms with van der Waals surface area (Å²) in [5.41, 5.74) is 14.2. The minimum atomic E-state index is 0.118. The standard InChI is InChI=1S/C23H20N4OS/c1-28-20-13-6-5-10-16(20)17-11-7-12-19-21(17)18(14-25-27-23(24)29)22(26-19)15-8-3-2-4-9-15/h2-14,26H,1H3,(H3,24,27,29)/b25-14+. The topological polar surface area (TPSA) is 75.4 Å². The molecule has 0 saturated heterocycles. The average molecular weight is 401 g/mol. The van der Waals surface area contributed by atoms with Crippen LogP contribution in [0.4, 0.5) is 0 Å². The number of methoxy groups -OCH3 is 1. The lowest BCUT2D eigenvalue weighted by molar-refractivity contribution is 0.416. The maximum atomic E-state index is 5.60. The summed E-state index contributed by atoms with van der Waals surface area (Å²) < 4.78 is 5.60. The Morgan fingerprint density at radius 3 is 2.48 bits per heavy atom. The lowest BCUT2D eigenvalue weighted by atomic mass is 9.97. The van der Waals surface area contributed by atoms with Crippen molar-refractivity contribution in [2.75, 3.05) is 7.11 Å². The maximum Gasteiger partial charge on any atom is 0.184 e. The zero-order chi connectivity index (χ0) is 20.2. The van der Waals surface area contributed by atoms with E-state index < -0.39 is 0 Å². The van der Waals surface area contributed by atoms with E-state index in [2.05, 4.69) is 45.8 Å². The highest BCUT2D eigenvalue weighted by atomic mass is 32.1. The number of nitrogens with one attached hydrogen (secondary N) is 2. The minimum Gasteiger partial charge on any atom is -0.496 e. The third-order valence-corrected chi connectivity index (χ3v) is 4.78. The number of H-pyrrole nitrogens is 1. The van der Waals surface area contributed by atoms with E-state index >= 15 is 0 Å². The normalized spacial score (nSPS) is 11.1. The molecule has 0 radical (unpaired) electrons. The van der Waals surface area contributed by atoms with Gasteiger partial charge in [-0.15, -0.1) is 0 Å². The summed E-state index contributed by atoms with van der Waals surface area (Å²) in [4.78, 5) is 3.54. The fraction of sp³-hybridized carbons (Fsp3) is 0.0435. The van der Waals surface area contributed by atoms with Gasteiger partial charge >= 0.3 is 0 Å². The molecule has 4 aromatic rings. The first-order valence-electron chi connectivity index (χ1n) is 9.11. The van der Waals surface area contributed by atoms with Gasteiger partial charge in [0, 0.05) is 22.0 Å². The van der Waals surface area contributed by atoms with Crippen LogP contribution >= 0.6 is 12.2 Å². The molecule has 0 unspecified atom stereocenters. The van der Waals surface area contributed by atoms with Crippen LogP contribution in [0, 0.1) is 0 Å². The van der Waals surface area contributed by atoms with Crippen molar-refractivity contribution < 1.29 is 4.74 Å². The lowest BCUT2D eigenvalue weighted by Crippen LogP contribution is -2.24. The van der Waals surface area contributed by atoms with Gasteiger partial charge in [-0.05, 0) is 35.5 Å². The smallest absolute Gasteiger partial charge is 0.184 e. The maximum absolute atomic E-state index is 5.60. The molecule has 0 aliphatic carbocycles. The Kier molecular flexibility index (Phi) is 5.27. The highest BCUT2D eigenvalue weighted by Crippen LogP contribution is 2.39. The summed E-state index contributed by atoms with van der Waals surface area (Å²) in [6.07, 6.45) is 1.75. The van der Waals surface area contributed by atoms with E-state index in [-0.39, 0.29) is 5.11 Å². The molecule has 29 heavy (non-hydrogen) atoms. The molecule has 3 aromatic carbocycles. The Morgan fingerprint density at radius 1 is 1.00 bits per heavy atom. The highest BCUT2D eigenvalue weighted by molar-refractivity contribution is 7.80. The van der Waals surface area contributed by atoms with Crippen molar-refractivity contribution in [3.63, 3.8) is 0 Å². The van der Waals surface area contributed by atoms with E-state index in [4.69, 9.17) is 22.7 Å². The number of nitrogens with two attached hydrogens (primary N) is 1. The van der Waals surface area contributed by atoms with Crippen LogP contribution in [0.25, 0.3) is 33.3 Å². The Bertz CT molecular complexity index is 1200. The molecule has 144 valence electrons. The number of hydrogen-bond donors (Lipinski definition) is 3. The molecule has 0 spiro atoms. The molecule has 0 aliphatic rings. The molecule has 4 rings (SSSR count). The SMILES string of the molecule is COc1ccccc1-c1cccc2[nH]c(-c3ccccc3)c(/C=N/NC(N)=S)c12. The van der Waals surface area contributed by atoms with Gasteiger partial charge in [-0.2, -0.15) is 5.10 Å². The molecule has 0 bridgehead atoms. The average Bonchev–Trinajstić information content (AvgIpc) is 3.13. The summed E-state index contributed by atoms with van der Waals surface area (Å²) in [6.45, 7) is 0. The molecule has 0 aliphatic heterocycles. The van der Waals surface area contributed by atoms with Crippen LogP contribution in [0.3, 0.4) is 0 Å². The zero-order valence-electron chi connectivity index (χ0n) is 15.8. The molecule has 1 aromatic heterocycles. The molecule has 0 atom stereocenters. The van der Waals surface area contributed by atoms with E-state index in [9.17, 15) is 0 Å².